The zero-order valence-corrected chi connectivity index (χ0v) is 18.9. The monoisotopic (exact) mass is 491 g/mol. The fourth-order valence-electron chi connectivity index (χ4n) is 3.49. The molecule has 1 aliphatic rings. The number of amides is 1. The van der Waals surface area contributed by atoms with Gasteiger partial charge >= 0.3 is 6.16 Å². The number of aromatic nitrogens is 2. The Morgan fingerprint density at radius 2 is 1.62 bits per heavy atom. The maximum atomic E-state index is 13.3. The molecule has 1 heterocycles. The number of halogens is 2. The van der Waals surface area contributed by atoms with Crippen molar-refractivity contribution in [1.82, 2.24) is 10.2 Å². The Bertz CT molecular complexity index is 1090. The number of benzene rings is 2. The third-order valence-corrected chi connectivity index (χ3v) is 5.78. The summed E-state index contributed by atoms with van der Waals surface area (Å²) in [6, 6.07) is 10.3. The lowest BCUT2D eigenvalue weighted by molar-refractivity contribution is 0.102. The number of anilines is 1. The molecule has 2 aromatic carbocycles. The average molecular weight is 492 g/mol. The first-order valence-corrected chi connectivity index (χ1v) is 11.4. The number of ether oxygens (including phenoxy) is 1. The maximum Gasteiger partial charge on any atom is 0.503 e. The molecule has 1 aromatic heterocycles. The summed E-state index contributed by atoms with van der Waals surface area (Å²) in [6.45, 7) is 0. The number of rotatable bonds is 6. The fourth-order valence-corrected chi connectivity index (χ4v) is 4.26. The number of hydrogen-bond acceptors (Lipinski definition) is 6. The van der Waals surface area contributed by atoms with E-state index in [1.165, 1.54) is 42.7 Å². The Kier molecular flexibility index (Phi) is 8.86. The van der Waals surface area contributed by atoms with Gasteiger partial charge in [-0.25, -0.2) is 13.6 Å². The highest BCUT2D eigenvalue weighted by Gasteiger charge is 2.16. The number of hydrogen-bond donors (Lipinski definition) is 3. The van der Waals surface area contributed by atoms with Gasteiger partial charge in [-0.3, -0.25) is 10.1 Å². The molecular formula is C23H23F2N3O5S. The summed E-state index contributed by atoms with van der Waals surface area (Å²) < 4.78 is 32.6. The van der Waals surface area contributed by atoms with Crippen molar-refractivity contribution < 1.29 is 33.3 Å². The Morgan fingerprint density at radius 1 is 1.00 bits per heavy atom. The zero-order valence-electron chi connectivity index (χ0n) is 18.0. The first kappa shape index (κ1) is 25.0. The third-order valence-electron chi connectivity index (χ3n) is 4.94. The minimum atomic E-state index is -1.83. The largest absolute Gasteiger partial charge is 0.503 e. The van der Waals surface area contributed by atoms with Gasteiger partial charge in [-0.1, -0.05) is 17.8 Å². The van der Waals surface area contributed by atoms with Crippen molar-refractivity contribution in [3.63, 3.8) is 0 Å². The average Bonchev–Trinajstić information content (AvgIpc) is 3.20. The molecule has 0 spiro atoms. The van der Waals surface area contributed by atoms with E-state index in [2.05, 4.69) is 15.5 Å². The molecule has 0 bridgehead atoms. The number of nitrogens with one attached hydrogen (secondary N) is 1. The number of carbonyl (C=O) groups is 2. The van der Waals surface area contributed by atoms with E-state index in [4.69, 9.17) is 19.7 Å². The molecule has 0 saturated heterocycles. The topological polar surface area (TPSA) is 122 Å². The van der Waals surface area contributed by atoms with Crippen molar-refractivity contribution in [2.24, 2.45) is 0 Å². The van der Waals surface area contributed by atoms with Crippen LogP contribution in [-0.4, -0.2) is 38.6 Å². The summed E-state index contributed by atoms with van der Waals surface area (Å²) in [5.74, 6) is -0.824. The highest BCUT2D eigenvalue weighted by atomic mass is 32.1. The lowest BCUT2D eigenvalue weighted by atomic mass is 9.98. The lowest BCUT2D eigenvalue weighted by Crippen LogP contribution is -2.19. The quantitative estimate of drug-likeness (QED) is 0.411. The van der Waals surface area contributed by atoms with Gasteiger partial charge in [-0.05, 0) is 67.6 Å². The zero-order chi connectivity index (χ0) is 24.5. The summed E-state index contributed by atoms with van der Waals surface area (Å²) in [4.78, 5) is 21.0. The van der Waals surface area contributed by atoms with Crippen LogP contribution in [0.15, 0.2) is 42.5 Å². The molecule has 0 unspecified atom stereocenters. The Morgan fingerprint density at radius 3 is 2.24 bits per heavy atom. The molecule has 34 heavy (non-hydrogen) atoms. The third kappa shape index (κ3) is 8.07. The van der Waals surface area contributed by atoms with Crippen LogP contribution in [0.4, 0.5) is 18.7 Å². The Balaban J connectivity index is 0.000000751. The molecule has 180 valence electrons. The molecule has 8 nitrogen and oxygen atoms in total. The number of carboxylic acid groups (broad SMARTS) is 2. The highest BCUT2D eigenvalue weighted by molar-refractivity contribution is 7.15. The van der Waals surface area contributed by atoms with Crippen LogP contribution in [0.3, 0.4) is 0 Å². The standard InChI is InChI=1S/C22H21F2N3O2S.CH2O3/c23-16-10-14(11-17(24)13-16)12-20-26-27-22(30-20)25-21(28)15-6-8-19(9-7-15)29-18-4-2-1-3-5-18;2-1(3)4/h6-11,13,18H,1-5,12H2,(H,25,27,28);(H2,2,3,4). The van der Waals surface area contributed by atoms with E-state index in [1.54, 1.807) is 24.3 Å². The van der Waals surface area contributed by atoms with E-state index >= 15 is 0 Å². The molecule has 3 aromatic rings. The van der Waals surface area contributed by atoms with Gasteiger partial charge in [0.25, 0.3) is 5.91 Å². The lowest BCUT2D eigenvalue weighted by Gasteiger charge is -2.23. The number of nitrogens with zero attached hydrogens (tertiary/aromatic N) is 2. The molecule has 1 amide bonds. The second-order valence-corrected chi connectivity index (χ2v) is 8.66. The van der Waals surface area contributed by atoms with Crippen LogP contribution in [0.25, 0.3) is 0 Å². The molecule has 1 aliphatic carbocycles. The molecule has 0 radical (unpaired) electrons. The molecule has 3 N–H and O–H groups in total. The maximum absolute atomic E-state index is 13.3. The van der Waals surface area contributed by atoms with Gasteiger partial charge in [-0.2, -0.15) is 0 Å². The first-order valence-electron chi connectivity index (χ1n) is 10.6. The van der Waals surface area contributed by atoms with E-state index in [9.17, 15) is 13.6 Å². The summed E-state index contributed by atoms with van der Waals surface area (Å²) in [5, 5.41) is 25.5. The second kappa shape index (κ2) is 12.0. The van der Waals surface area contributed by atoms with Crippen LogP contribution in [0.1, 0.15) is 53.0 Å². The van der Waals surface area contributed by atoms with E-state index in [0.717, 1.165) is 24.7 Å². The van der Waals surface area contributed by atoms with Gasteiger partial charge in [0.1, 0.15) is 22.4 Å². The first-order chi connectivity index (χ1) is 16.3. The van der Waals surface area contributed by atoms with Crippen LogP contribution < -0.4 is 10.1 Å². The minimum absolute atomic E-state index is 0.232. The van der Waals surface area contributed by atoms with E-state index in [1.807, 2.05) is 0 Å². The van der Waals surface area contributed by atoms with Gasteiger partial charge in [0, 0.05) is 18.1 Å². The number of carbonyl (C=O) groups excluding carboxylic acids is 1. The van der Waals surface area contributed by atoms with Crippen LogP contribution in [0.5, 0.6) is 5.75 Å². The molecule has 11 heteroatoms. The van der Waals surface area contributed by atoms with Gasteiger partial charge in [0.05, 0.1) is 6.10 Å². The van der Waals surface area contributed by atoms with Crippen LogP contribution in [0.2, 0.25) is 0 Å². The Hall–Kier alpha value is -3.60. The van der Waals surface area contributed by atoms with Crippen LogP contribution in [-0.2, 0) is 6.42 Å². The minimum Gasteiger partial charge on any atom is -0.490 e. The van der Waals surface area contributed by atoms with E-state index in [-0.39, 0.29) is 18.4 Å². The van der Waals surface area contributed by atoms with Crippen molar-refractivity contribution in [2.45, 2.75) is 44.6 Å². The predicted octanol–water partition coefficient (Wildman–Crippen LogP) is 5.59. The van der Waals surface area contributed by atoms with Gasteiger partial charge in [-0.15, -0.1) is 10.2 Å². The predicted molar refractivity (Wildman–Crippen MR) is 122 cm³/mol. The second-order valence-electron chi connectivity index (χ2n) is 7.59. The van der Waals surface area contributed by atoms with Gasteiger partial charge in [0.2, 0.25) is 5.13 Å². The van der Waals surface area contributed by atoms with Crippen molar-refractivity contribution in [3.8, 4) is 5.75 Å². The normalized spacial score (nSPS) is 13.5. The van der Waals surface area contributed by atoms with Crippen molar-refractivity contribution in [1.29, 1.82) is 0 Å². The highest BCUT2D eigenvalue weighted by Crippen LogP contribution is 2.24. The molecule has 0 aliphatic heterocycles. The van der Waals surface area contributed by atoms with E-state index < -0.39 is 17.8 Å². The van der Waals surface area contributed by atoms with E-state index in [0.29, 0.717) is 21.3 Å². The van der Waals surface area contributed by atoms with Gasteiger partial charge in [0.15, 0.2) is 0 Å². The summed E-state index contributed by atoms with van der Waals surface area (Å²) in [7, 11) is 0. The fraction of sp³-hybridized carbons (Fsp3) is 0.304. The smallest absolute Gasteiger partial charge is 0.490 e. The summed E-state index contributed by atoms with van der Waals surface area (Å²) in [5.41, 5.74) is 0.935. The van der Waals surface area contributed by atoms with Gasteiger partial charge < -0.3 is 14.9 Å². The van der Waals surface area contributed by atoms with Crippen molar-refractivity contribution in [2.75, 3.05) is 5.32 Å². The summed E-state index contributed by atoms with van der Waals surface area (Å²) in [6.07, 6.45) is 4.46. The van der Waals surface area contributed by atoms with Crippen LogP contribution in [0, 0.1) is 11.6 Å². The Labute approximate surface area is 198 Å². The van der Waals surface area contributed by atoms with Crippen LogP contribution >= 0.6 is 11.3 Å². The SMILES string of the molecule is O=C(Nc1nnc(Cc2cc(F)cc(F)c2)s1)c1ccc(OC2CCCCC2)cc1.O=C(O)O. The van der Waals surface area contributed by atoms with Crippen molar-refractivity contribution >= 4 is 28.5 Å². The van der Waals surface area contributed by atoms with Crippen molar-refractivity contribution in [3.05, 3.63) is 70.2 Å². The molecular weight excluding hydrogens is 468 g/mol. The molecule has 0 atom stereocenters. The molecule has 1 saturated carbocycles. The summed E-state index contributed by atoms with van der Waals surface area (Å²) >= 11 is 1.17. The molecule has 4 rings (SSSR count). The molecule has 1 fully saturated rings.